The number of morpholine rings is 1. The zero-order chi connectivity index (χ0) is 19.2. The van der Waals surface area contributed by atoms with Crippen LogP contribution in [-0.2, 0) is 11.3 Å². The minimum absolute atomic E-state index is 0.193. The molecule has 0 radical (unpaired) electrons. The van der Waals surface area contributed by atoms with Crippen molar-refractivity contribution in [3.63, 3.8) is 0 Å². The molecule has 1 saturated heterocycles. The third-order valence-electron chi connectivity index (χ3n) is 4.39. The van der Waals surface area contributed by atoms with Gasteiger partial charge in [0.1, 0.15) is 5.82 Å². The van der Waals surface area contributed by atoms with Crippen LogP contribution in [0.2, 0.25) is 10.0 Å². The first-order chi connectivity index (χ1) is 13.0. The SMILES string of the molecule is CC(NC(=O)NCc1ccnc(N2CCOCC2)c1)c1ccc(Cl)c(Cl)c1. The first-order valence-corrected chi connectivity index (χ1v) is 9.55. The fourth-order valence-corrected chi connectivity index (χ4v) is 3.14. The lowest BCUT2D eigenvalue weighted by Gasteiger charge is -2.28. The van der Waals surface area contributed by atoms with E-state index in [-0.39, 0.29) is 12.1 Å². The van der Waals surface area contributed by atoms with Crippen molar-refractivity contribution in [1.82, 2.24) is 15.6 Å². The highest BCUT2D eigenvalue weighted by Gasteiger charge is 2.14. The first kappa shape index (κ1) is 19.7. The minimum atomic E-state index is -0.252. The highest BCUT2D eigenvalue weighted by atomic mass is 35.5. The Kier molecular flexibility index (Phi) is 6.77. The number of ether oxygens (including phenoxy) is 1. The minimum Gasteiger partial charge on any atom is -0.378 e. The van der Waals surface area contributed by atoms with E-state index in [4.69, 9.17) is 27.9 Å². The third-order valence-corrected chi connectivity index (χ3v) is 5.13. The smallest absolute Gasteiger partial charge is 0.315 e. The normalized spacial score (nSPS) is 15.3. The molecule has 2 amide bonds. The summed E-state index contributed by atoms with van der Waals surface area (Å²) in [4.78, 5) is 18.8. The second-order valence-corrected chi connectivity index (χ2v) is 7.16. The summed E-state index contributed by atoms with van der Waals surface area (Å²) < 4.78 is 5.37. The number of benzene rings is 1. The van der Waals surface area contributed by atoms with Crippen molar-refractivity contribution in [1.29, 1.82) is 0 Å². The number of carbonyl (C=O) groups excluding carboxylic acids is 1. The molecule has 1 aromatic carbocycles. The van der Waals surface area contributed by atoms with Gasteiger partial charge in [-0.2, -0.15) is 0 Å². The Labute approximate surface area is 168 Å². The zero-order valence-corrected chi connectivity index (χ0v) is 16.6. The van der Waals surface area contributed by atoms with Gasteiger partial charge in [-0.05, 0) is 42.3 Å². The molecular weight excluding hydrogens is 387 g/mol. The van der Waals surface area contributed by atoms with Crippen LogP contribution in [0, 0.1) is 0 Å². The number of aromatic nitrogens is 1. The number of carbonyl (C=O) groups is 1. The molecule has 8 heteroatoms. The number of rotatable bonds is 5. The van der Waals surface area contributed by atoms with Gasteiger partial charge in [-0.15, -0.1) is 0 Å². The Morgan fingerprint density at radius 2 is 2.00 bits per heavy atom. The largest absolute Gasteiger partial charge is 0.378 e. The van der Waals surface area contributed by atoms with E-state index in [1.54, 1.807) is 18.3 Å². The van der Waals surface area contributed by atoms with Gasteiger partial charge in [0.25, 0.3) is 0 Å². The number of urea groups is 1. The maximum Gasteiger partial charge on any atom is 0.315 e. The van der Waals surface area contributed by atoms with Crippen LogP contribution in [-0.4, -0.2) is 37.3 Å². The molecule has 0 bridgehead atoms. The van der Waals surface area contributed by atoms with E-state index >= 15 is 0 Å². The summed E-state index contributed by atoms with van der Waals surface area (Å²) in [5.74, 6) is 0.905. The summed E-state index contributed by atoms with van der Waals surface area (Å²) in [6.45, 7) is 5.37. The molecular formula is C19H22Cl2N4O2. The number of pyridine rings is 1. The fraction of sp³-hybridized carbons (Fsp3) is 0.368. The maximum atomic E-state index is 12.2. The molecule has 2 heterocycles. The van der Waals surface area contributed by atoms with Gasteiger partial charge in [0.2, 0.25) is 0 Å². The lowest BCUT2D eigenvalue weighted by atomic mass is 10.1. The molecule has 0 spiro atoms. The molecule has 3 rings (SSSR count). The number of amides is 2. The topological polar surface area (TPSA) is 66.5 Å². The standard InChI is InChI=1S/C19H22Cl2N4O2/c1-13(15-2-3-16(20)17(21)11-15)24-19(26)23-12-14-4-5-22-18(10-14)25-6-8-27-9-7-25/h2-5,10-11,13H,6-9,12H2,1H3,(H2,23,24,26). The Bertz CT molecular complexity index is 797. The van der Waals surface area contributed by atoms with Crippen LogP contribution >= 0.6 is 23.2 Å². The molecule has 1 atom stereocenters. The third kappa shape index (κ3) is 5.48. The van der Waals surface area contributed by atoms with Crippen molar-refractivity contribution in [3.05, 3.63) is 57.7 Å². The van der Waals surface area contributed by atoms with Gasteiger partial charge in [0.05, 0.1) is 29.3 Å². The molecule has 1 aliphatic heterocycles. The van der Waals surface area contributed by atoms with Crippen molar-refractivity contribution in [2.75, 3.05) is 31.2 Å². The van der Waals surface area contributed by atoms with Crippen molar-refractivity contribution < 1.29 is 9.53 Å². The van der Waals surface area contributed by atoms with E-state index in [0.29, 0.717) is 29.8 Å². The summed E-state index contributed by atoms with van der Waals surface area (Å²) in [5.41, 5.74) is 1.88. The van der Waals surface area contributed by atoms with E-state index in [2.05, 4.69) is 20.5 Å². The predicted molar refractivity (Wildman–Crippen MR) is 108 cm³/mol. The summed E-state index contributed by atoms with van der Waals surface area (Å²) in [6.07, 6.45) is 1.76. The Hall–Kier alpha value is -2.02. The number of anilines is 1. The molecule has 0 aliphatic carbocycles. The Morgan fingerprint density at radius 1 is 1.22 bits per heavy atom. The van der Waals surface area contributed by atoms with Crippen LogP contribution in [0.5, 0.6) is 0 Å². The van der Waals surface area contributed by atoms with Gasteiger partial charge in [-0.25, -0.2) is 9.78 Å². The average Bonchev–Trinajstić information content (AvgIpc) is 2.69. The van der Waals surface area contributed by atoms with E-state index in [0.717, 1.165) is 30.0 Å². The van der Waals surface area contributed by atoms with Gasteiger partial charge in [-0.1, -0.05) is 29.3 Å². The van der Waals surface area contributed by atoms with Crippen molar-refractivity contribution in [2.45, 2.75) is 19.5 Å². The summed E-state index contributed by atoms with van der Waals surface area (Å²) in [7, 11) is 0. The monoisotopic (exact) mass is 408 g/mol. The van der Waals surface area contributed by atoms with Crippen LogP contribution in [0.4, 0.5) is 10.6 Å². The molecule has 27 heavy (non-hydrogen) atoms. The molecule has 0 saturated carbocycles. The van der Waals surface area contributed by atoms with Gasteiger partial charge in [-0.3, -0.25) is 0 Å². The lowest BCUT2D eigenvalue weighted by Crippen LogP contribution is -2.37. The Balaban J connectivity index is 1.53. The number of hydrogen-bond acceptors (Lipinski definition) is 4. The molecule has 1 fully saturated rings. The van der Waals surface area contributed by atoms with E-state index in [1.807, 2.05) is 25.1 Å². The van der Waals surface area contributed by atoms with Crippen LogP contribution in [0.1, 0.15) is 24.1 Å². The highest BCUT2D eigenvalue weighted by molar-refractivity contribution is 6.42. The van der Waals surface area contributed by atoms with Crippen LogP contribution in [0.25, 0.3) is 0 Å². The van der Waals surface area contributed by atoms with Crippen molar-refractivity contribution in [3.8, 4) is 0 Å². The fourth-order valence-electron chi connectivity index (χ4n) is 2.83. The summed E-state index contributed by atoms with van der Waals surface area (Å²) >= 11 is 12.0. The van der Waals surface area contributed by atoms with E-state index in [1.165, 1.54) is 0 Å². The van der Waals surface area contributed by atoms with Crippen LogP contribution < -0.4 is 15.5 Å². The van der Waals surface area contributed by atoms with Gasteiger partial charge < -0.3 is 20.3 Å². The first-order valence-electron chi connectivity index (χ1n) is 8.80. The number of halogens is 2. The number of nitrogens with one attached hydrogen (secondary N) is 2. The van der Waals surface area contributed by atoms with Crippen molar-refractivity contribution in [2.24, 2.45) is 0 Å². The van der Waals surface area contributed by atoms with E-state index in [9.17, 15) is 4.79 Å². The van der Waals surface area contributed by atoms with Crippen molar-refractivity contribution >= 4 is 35.1 Å². The maximum absolute atomic E-state index is 12.2. The second kappa shape index (κ2) is 9.26. The second-order valence-electron chi connectivity index (χ2n) is 6.34. The molecule has 1 aliphatic rings. The summed E-state index contributed by atoms with van der Waals surface area (Å²) in [6, 6.07) is 8.77. The quantitative estimate of drug-likeness (QED) is 0.789. The molecule has 1 aromatic heterocycles. The molecule has 1 unspecified atom stereocenters. The highest BCUT2D eigenvalue weighted by Crippen LogP contribution is 2.25. The summed E-state index contributed by atoms with van der Waals surface area (Å²) in [5, 5.41) is 6.73. The average molecular weight is 409 g/mol. The Morgan fingerprint density at radius 3 is 2.74 bits per heavy atom. The predicted octanol–water partition coefficient (Wildman–Crippen LogP) is 3.79. The van der Waals surface area contributed by atoms with Gasteiger partial charge in [0.15, 0.2) is 0 Å². The number of hydrogen-bond donors (Lipinski definition) is 2. The van der Waals surface area contributed by atoms with Gasteiger partial charge in [0, 0.05) is 25.8 Å². The molecule has 6 nitrogen and oxygen atoms in total. The van der Waals surface area contributed by atoms with E-state index < -0.39 is 0 Å². The van der Waals surface area contributed by atoms with Crippen LogP contribution in [0.3, 0.4) is 0 Å². The molecule has 144 valence electrons. The molecule has 2 aromatic rings. The lowest BCUT2D eigenvalue weighted by molar-refractivity contribution is 0.122. The number of nitrogens with zero attached hydrogens (tertiary/aromatic N) is 2. The van der Waals surface area contributed by atoms with Crippen LogP contribution in [0.15, 0.2) is 36.5 Å². The van der Waals surface area contributed by atoms with Gasteiger partial charge >= 0.3 is 6.03 Å². The zero-order valence-electron chi connectivity index (χ0n) is 15.0. The molecule has 2 N–H and O–H groups in total.